The van der Waals surface area contributed by atoms with E-state index in [1.54, 1.807) is 11.9 Å². The van der Waals surface area contributed by atoms with Crippen molar-refractivity contribution in [2.75, 3.05) is 26.7 Å². The third-order valence-electron chi connectivity index (χ3n) is 2.33. The zero-order valence-electron chi connectivity index (χ0n) is 8.51. The molecule has 16 heavy (non-hydrogen) atoms. The number of rotatable bonds is 1. The van der Waals surface area contributed by atoms with Gasteiger partial charge in [-0.2, -0.15) is 0 Å². The first-order chi connectivity index (χ1) is 7.58. The lowest BCUT2D eigenvalue weighted by molar-refractivity contribution is -0.133. The largest absolute Gasteiger partial charge is 0.342 e. The van der Waals surface area contributed by atoms with Gasteiger partial charge in [0.25, 0.3) is 5.91 Å². The van der Waals surface area contributed by atoms with Crippen LogP contribution in [0.15, 0.2) is 0 Å². The first-order valence-electron chi connectivity index (χ1n) is 4.60. The van der Waals surface area contributed by atoms with Crippen molar-refractivity contribution in [3.63, 3.8) is 0 Å². The summed E-state index contributed by atoms with van der Waals surface area (Å²) in [6, 6.07) is 0. The van der Waals surface area contributed by atoms with Crippen LogP contribution in [0.1, 0.15) is 9.80 Å². The molecule has 1 saturated heterocycles. The maximum Gasteiger partial charge on any atom is 0.285 e. The number of halogens is 1. The van der Waals surface area contributed by atoms with Crippen molar-refractivity contribution in [1.82, 2.24) is 20.0 Å². The van der Waals surface area contributed by atoms with Gasteiger partial charge in [0.1, 0.15) is 6.54 Å². The molecule has 8 heteroatoms. The second-order valence-corrected chi connectivity index (χ2v) is 4.96. The van der Waals surface area contributed by atoms with E-state index in [1.807, 2.05) is 0 Å². The van der Waals surface area contributed by atoms with Crippen LogP contribution >= 0.6 is 22.9 Å². The van der Waals surface area contributed by atoms with E-state index in [2.05, 4.69) is 10.2 Å². The summed E-state index contributed by atoms with van der Waals surface area (Å²) in [5.41, 5.74) is 0. The number of carbonyl (C=O) groups is 2. The lowest BCUT2D eigenvalue weighted by Crippen LogP contribution is -2.50. The normalized spacial score (nSPS) is 16.8. The Bertz CT molecular complexity index is 435. The number of nitrogens with zero attached hydrogens (tertiary/aromatic N) is 4. The maximum absolute atomic E-state index is 11.9. The van der Waals surface area contributed by atoms with Crippen molar-refractivity contribution in [1.29, 1.82) is 0 Å². The van der Waals surface area contributed by atoms with Crippen LogP contribution in [0, 0.1) is 0 Å². The Labute approximate surface area is 101 Å². The molecule has 0 N–H and O–H groups in total. The van der Waals surface area contributed by atoms with Crippen LogP contribution < -0.4 is 0 Å². The van der Waals surface area contributed by atoms with Gasteiger partial charge in [0.05, 0.1) is 0 Å². The van der Waals surface area contributed by atoms with Gasteiger partial charge in [0.2, 0.25) is 15.4 Å². The van der Waals surface area contributed by atoms with Gasteiger partial charge in [-0.15, -0.1) is 10.2 Å². The van der Waals surface area contributed by atoms with Crippen molar-refractivity contribution in [3.05, 3.63) is 9.47 Å². The lowest BCUT2D eigenvalue weighted by atomic mass is 10.3. The SMILES string of the molecule is CN1CCN(C(=O)c2nnc(Cl)s2)CC1=O. The topological polar surface area (TPSA) is 66.4 Å². The van der Waals surface area contributed by atoms with Gasteiger partial charge >= 0.3 is 0 Å². The molecule has 0 unspecified atom stereocenters. The smallest absolute Gasteiger partial charge is 0.285 e. The molecule has 0 atom stereocenters. The average Bonchev–Trinajstić information content (AvgIpc) is 2.68. The summed E-state index contributed by atoms with van der Waals surface area (Å²) in [7, 11) is 1.71. The molecule has 1 fully saturated rings. The molecule has 1 aliphatic rings. The molecule has 0 bridgehead atoms. The number of hydrogen-bond donors (Lipinski definition) is 0. The Morgan fingerprint density at radius 2 is 2.19 bits per heavy atom. The third kappa shape index (κ3) is 2.14. The second kappa shape index (κ2) is 4.34. The summed E-state index contributed by atoms with van der Waals surface area (Å²) in [5.74, 6) is -0.360. The Kier molecular flexibility index (Phi) is 3.06. The van der Waals surface area contributed by atoms with E-state index in [1.165, 1.54) is 4.90 Å². The van der Waals surface area contributed by atoms with Crippen LogP contribution in [0.3, 0.4) is 0 Å². The van der Waals surface area contributed by atoms with E-state index in [0.29, 0.717) is 13.1 Å². The molecule has 0 aromatic carbocycles. The van der Waals surface area contributed by atoms with Crippen LogP contribution in [0.2, 0.25) is 4.47 Å². The van der Waals surface area contributed by atoms with Crippen molar-refractivity contribution in [2.24, 2.45) is 0 Å². The van der Waals surface area contributed by atoms with Crippen molar-refractivity contribution < 1.29 is 9.59 Å². The Hall–Kier alpha value is -1.21. The van der Waals surface area contributed by atoms with E-state index in [0.717, 1.165) is 11.3 Å². The number of amides is 2. The molecular weight excluding hydrogens is 252 g/mol. The van der Waals surface area contributed by atoms with Gasteiger partial charge < -0.3 is 9.80 Å². The van der Waals surface area contributed by atoms with Gasteiger partial charge in [0, 0.05) is 20.1 Å². The number of carbonyl (C=O) groups excluding carboxylic acids is 2. The Balaban J connectivity index is 2.09. The first-order valence-corrected chi connectivity index (χ1v) is 5.79. The fourth-order valence-corrected chi connectivity index (χ4v) is 2.16. The molecule has 1 aliphatic heterocycles. The van der Waals surface area contributed by atoms with Gasteiger partial charge in [-0.3, -0.25) is 9.59 Å². The van der Waals surface area contributed by atoms with Crippen molar-refractivity contribution in [3.8, 4) is 0 Å². The fourth-order valence-electron chi connectivity index (χ4n) is 1.36. The zero-order chi connectivity index (χ0) is 11.7. The summed E-state index contributed by atoms with van der Waals surface area (Å²) in [6.45, 7) is 1.14. The molecule has 1 aromatic heterocycles. The van der Waals surface area contributed by atoms with E-state index < -0.39 is 0 Å². The standard InChI is InChI=1S/C8H9ClN4O2S/c1-12-2-3-13(4-5(12)14)7(15)6-10-11-8(9)16-6/h2-4H2,1H3. The van der Waals surface area contributed by atoms with Gasteiger partial charge in [-0.25, -0.2) is 0 Å². The van der Waals surface area contributed by atoms with E-state index in [9.17, 15) is 9.59 Å². The van der Waals surface area contributed by atoms with Crippen LogP contribution in [-0.4, -0.2) is 58.5 Å². The maximum atomic E-state index is 11.9. The van der Waals surface area contributed by atoms with Gasteiger partial charge in [-0.05, 0) is 11.6 Å². The van der Waals surface area contributed by atoms with Crippen LogP contribution in [0.5, 0.6) is 0 Å². The predicted octanol–water partition coefficient (Wildman–Crippen LogP) is 0.106. The zero-order valence-corrected chi connectivity index (χ0v) is 10.1. The lowest BCUT2D eigenvalue weighted by Gasteiger charge is -2.31. The number of piperazine rings is 1. The van der Waals surface area contributed by atoms with Crippen LogP contribution in [0.4, 0.5) is 0 Å². The van der Waals surface area contributed by atoms with Gasteiger partial charge in [0.15, 0.2) is 0 Å². The monoisotopic (exact) mass is 260 g/mol. The third-order valence-corrected chi connectivity index (χ3v) is 3.33. The van der Waals surface area contributed by atoms with E-state index in [4.69, 9.17) is 11.6 Å². The molecule has 86 valence electrons. The highest BCUT2D eigenvalue weighted by Gasteiger charge is 2.27. The Morgan fingerprint density at radius 3 is 2.75 bits per heavy atom. The average molecular weight is 261 g/mol. The highest BCUT2D eigenvalue weighted by molar-refractivity contribution is 7.17. The van der Waals surface area contributed by atoms with Crippen molar-refractivity contribution in [2.45, 2.75) is 0 Å². The number of hydrogen-bond acceptors (Lipinski definition) is 5. The minimum absolute atomic E-state index is 0.0739. The molecule has 2 heterocycles. The molecule has 6 nitrogen and oxygen atoms in total. The quantitative estimate of drug-likeness (QED) is 0.719. The molecular formula is C8H9ClN4O2S. The predicted molar refractivity (Wildman–Crippen MR) is 58.5 cm³/mol. The first kappa shape index (κ1) is 11.3. The molecule has 0 spiro atoms. The molecule has 2 rings (SSSR count). The van der Waals surface area contributed by atoms with Crippen LogP contribution in [-0.2, 0) is 4.79 Å². The summed E-state index contributed by atoms with van der Waals surface area (Å²) >= 11 is 6.61. The highest BCUT2D eigenvalue weighted by Crippen LogP contribution is 2.17. The molecule has 1 aromatic rings. The van der Waals surface area contributed by atoms with E-state index in [-0.39, 0.29) is 27.8 Å². The minimum atomic E-state index is -0.286. The molecule has 0 saturated carbocycles. The Morgan fingerprint density at radius 1 is 1.44 bits per heavy atom. The summed E-state index contributed by atoms with van der Waals surface area (Å²) in [4.78, 5) is 26.3. The number of aromatic nitrogens is 2. The number of likely N-dealkylation sites (N-methyl/N-ethyl adjacent to an activating group) is 1. The second-order valence-electron chi connectivity index (χ2n) is 3.40. The van der Waals surface area contributed by atoms with Crippen LogP contribution in [0.25, 0.3) is 0 Å². The molecule has 0 radical (unpaired) electrons. The minimum Gasteiger partial charge on any atom is -0.342 e. The molecule has 0 aliphatic carbocycles. The fraction of sp³-hybridized carbons (Fsp3) is 0.500. The summed E-state index contributed by atoms with van der Waals surface area (Å²) in [6.07, 6.45) is 0. The van der Waals surface area contributed by atoms with Crippen molar-refractivity contribution >= 4 is 34.8 Å². The summed E-state index contributed by atoms with van der Waals surface area (Å²) < 4.78 is 0.226. The molecule has 2 amide bonds. The summed E-state index contributed by atoms with van der Waals surface area (Å²) in [5, 5.41) is 7.44. The van der Waals surface area contributed by atoms with E-state index >= 15 is 0 Å². The van der Waals surface area contributed by atoms with Gasteiger partial charge in [-0.1, -0.05) is 11.3 Å². The highest BCUT2D eigenvalue weighted by atomic mass is 35.5.